The van der Waals surface area contributed by atoms with Crippen molar-refractivity contribution in [1.82, 2.24) is 20.1 Å². The molecule has 1 saturated heterocycles. The Labute approximate surface area is 199 Å². The number of piperazine rings is 1. The molecule has 1 fully saturated rings. The van der Waals surface area contributed by atoms with Crippen molar-refractivity contribution < 1.29 is 14.3 Å². The molecule has 174 valence electrons. The van der Waals surface area contributed by atoms with Crippen molar-refractivity contribution in [3.05, 3.63) is 64.5 Å². The van der Waals surface area contributed by atoms with E-state index in [0.717, 1.165) is 66.9 Å². The van der Waals surface area contributed by atoms with E-state index in [0.29, 0.717) is 6.54 Å². The lowest BCUT2D eigenvalue weighted by Gasteiger charge is -2.34. The molecule has 4 rings (SSSR count). The standard InChI is InChI=1S/C25H30N4O3S/c1-31-21-7-3-19(4-8-21)11-12-26-25(30)29-15-13-28(14-16-29)17-24-27-23(18-33-24)20-5-9-22(32-2)10-6-20/h3-10,18H,11-17H2,1-2H3,(H,26,30). The summed E-state index contributed by atoms with van der Waals surface area (Å²) in [4.78, 5) is 21.6. The van der Waals surface area contributed by atoms with Crippen molar-refractivity contribution in [3.63, 3.8) is 0 Å². The molecule has 0 bridgehead atoms. The second kappa shape index (κ2) is 11.2. The molecule has 1 aliphatic heterocycles. The highest BCUT2D eigenvalue weighted by Gasteiger charge is 2.21. The van der Waals surface area contributed by atoms with E-state index in [1.807, 2.05) is 53.4 Å². The number of carbonyl (C=O) groups is 1. The number of thiazole rings is 1. The lowest BCUT2D eigenvalue weighted by atomic mass is 10.1. The molecule has 0 spiro atoms. The molecule has 1 N–H and O–H groups in total. The first-order valence-corrected chi connectivity index (χ1v) is 12.0. The van der Waals surface area contributed by atoms with Gasteiger partial charge >= 0.3 is 6.03 Å². The average Bonchev–Trinajstić information content (AvgIpc) is 3.33. The van der Waals surface area contributed by atoms with Gasteiger partial charge in [0.15, 0.2) is 0 Å². The minimum absolute atomic E-state index is 0.0132. The Hall–Kier alpha value is -3.10. The van der Waals surface area contributed by atoms with Crippen molar-refractivity contribution >= 4 is 17.4 Å². The third-order valence-corrected chi connectivity index (χ3v) is 6.64. The Balaban J connectivity index is 1.19. The molecule has 3 aromatic rings. The minimum atomic E-state index is 0.0132. The van der Waals surface area contributed by atoms with E-state index in [2.05, 4.69) is 15.6 Å². The molecule has 2 heterocycles. The van der Waals surface area contributed by atoms with Crippen LogP contribution in [0.5, 0.6) is 11.5 Å². The lowest BCUT2D eigenvalue weighted by molar-refractivity contribution is 0.135. The summed E-state index contributed by atoms with van der Waals surface area (Å²) in [5.41, 5.74) is 3.26. The second-order valence-corrected chi connectivity index (χ2v) is 8.89. The van der Waals surface area contributed by atoms with E-state index in [9.17, 15) is 4.79 Å². The van der Waals surface area contributed by atoms with Crippen LogP contribution in [0.4, 0.5) is 4.79 Å². The van der Waals surface area contributed by atoms with Gasteiger partial charge in [-0.3, -0.25) is 4.90 Å². The molecule has 2 aromatic carbocycles. The summed E-state index contributed by atoms with van der Waals surface area (Å²) in [7, 11) is 3.33. The fourth-order valence-electron chi connectivity index (χ4n) is 3.80. The molecular formula is C25H30N4O3S. The fourth-order valence-corrected chi connectivity index (χ4v) is 4.64. The second-order valence-electron chi connectivity index (χ2n) is 7.95. The highest BCUT2D eigenvalue weighted by Crippen LogP contribution is 2.25. The van der Waals surface area contributed by atoms with Gasteiger partial charge in [-0.25, -0.2) is 9.78 Å². The lowest BCUT2D eigenvalue weighted by Crippen LogP contribution is -2.51. The van der Waals surface area contributed by atoms with E-state index in [1.165, 1.54) is 5.56 Å². The first-order chi connectivity index (χ1) is 16.1. The van der Waals surface area contributed by atoms with E-state index >= 15 is 0 Å². The molecule has 8 heteroatoms. The molecule has 0 atom stereocenters. The third kappa shape index (κ3) is 6.24. The summed E-state index contributed by atoms with van der Waals surface area (Å²) in [5, 5.41) is 6.24. The van der Waals surface area contributed by atoms with Crippen LogP contribution in [0, 0.1) is 0 Å². The quantitative estimate of drug-likeness (QED) is 0.546. The van der Waals surface area contributed by atoms with Crippen LogP contribution >= 0.6 is 11.3 Å². The van der Waals surface area contributed by atoms with Crippen molar-refractivity contribution in [2.24, 2.45) is 0 Å². The van der Waals surface area contributed by atoms with Crippen molar-refractivity contribution in [1.29, 1.82) is 0 Å². The van der Waals surface area contributed by atoms with Gasteiger partial charge in [0.2, 0.25) is 0 Å². The number of nitrogens with zero attached hydrogens (tertiary/aromatic N) is 3. The van der Waals surface area contributed by atoms with Gasteiger partial charge in [-0.2, -0.15) is 0 Å². The fraction of sp³-hybridized carbons (Fsp3) is 0.360. The van der Waals surface area contributed by atoms with Gasteiger partial charge in [0.1, 0.15) is 16.5 Å². The summed E-state index contributed by atoms with van der Waals surface area (Å²) < 4.78 is 10.4. The number of aromatic nitrogens is 1. The molecule has 2 amide bonds. The zero-order valence-corrected chi connectivity index (χ0v) is 19.9. The Morgan fingerprint density at radius 1 is 0.970 bits per heavy atom. The SMILES string of the molecule is COc1ccc(CCNC(=O)N2CCN(Cc3nc(-c4ccc(OC)cc4)cs3)CC2)cc1. The first-order valence-electron chi connectivity index (χ1n) is 11.1. The highest BCUT2D eigenvalue weighted by molar-refractivity contribution is 7.09. The van der Waals surface area contributed by atoms with Gasteiger partial charge in [-0.1, -0.05) is 12.1 Å². The number of amides is 2. The number of urea groups is 1. The highest BCUT2D eigenvalue weighted by atomic mass is 32.1. The first kappa shape index (κ1) is 23.1. The largest absolute Gasteiger partial charge is 0.497 e. The Bertz CT molecular complexity index is 1030. The molecule has 0 unspecified atom stereocenters. The molecular weight excluding hydrogens is 436 g/mol. The summed E-state index contributed by atoms with van der Waals surface area (Å²) in [6.07, 6.45) is 0.802. The minimum Gasteiger partial charge on any atom is -0.497 e. The van der Waals surface area contributed by atoms with E-state index in [4.69, 9.17) is 14.5 Å². The predicted octanol–water partition coefficient (Wildman–Crippen LogP) is 3.90. The summed E-state index contributed by atoms with van der Waals surface area (Å²) >= 11 is 1.68. The zero-order valence-electron chi connectivity index (χ0n) is 19.1. The maximum Gasteiger partial charge on any atom is 0.317 e. The Morgan fingerprint density at radius 2 is 1.61 bits per heavy atom. The Kier molecular flexibility index (Phi) is 7.80. The predicted molar refractivity (Wildman–Crippen MR) is 131 cm³/mol. The third-order valence-electron chi connectivity index (χ3n) is 5.80. The van der Waals surface area contributed by atoms with Crippen LogP contribution in [0.15, 0.2) is 53.9 Å². The number of hydrogen-bond acceptors (Lipinski definition) is 6. The summed E-state index contributed by atoms with van der Waals surface area (Å²) in [6, 6.07) is 15.9. The topological polar surface area (TPSA) is 66.9 Å². The van der Waals surface area contributed by atoms with Crippen LogP contribution in [0.25, 0.3) is 11.3 Å². The molecule has 1 aliphatic rings. The van der Waals surface area contributed by atoms with Crippen LogP contribution in [-0.4, -0.2) is 67.8 Å². The van der Waals surface area contributed by atoms with Crippen molar-refractivity contribution in [2.45, 2.75) is 13.0 Å². The van der Waals surface area contributed by atoms with Gasteiger partial charge in [-0.05, 0) is 48.4 Å². The molecule has 0 aliphatic carbocycles. The molecule has 0 saturated carbocycles. The zero-order chi connectivity index (χ0) is 23.0. The summed E-state index contributed by atoms with van der Waals surface area (Å²) in [6.45, 7) is 4.59. The van der Waals surface area contributed by atoms with Crippen molar-refractivity contribution in [3.8, 4) is 22.8 Å². The number of ether oxygens (including phenoxy) is 2. The van der Waals surface area contributed by atoms with Crippen LogP contribution < -0.4 is 14.8 Å². The van der Waals surface area contributed by atoms with Crippen molar-refractivity contribution in [2.75, 3.05) is 46.9 Å². The van der Waals surface area contributed by atoms with Gasteiger partial charge < -0.3 is 19.7 Å². The number of rotatable bonds is 8. The Morgan fingerprint density at radius 3 is 2.24 bits per heavy atom. The van der Waals surface area contributed by atoms with Gasteiger partial charge in [0, 0.05) is 43.7 Å². The number of carbonyl (C=O) groups excluding carboxylic acids is 1. The van der Waals surface area contributed by atoms with Gasteiger partial charge in [0.25, 0.3) is 0 Å². The smallest absolute Gasteiger partial charge is 0.317 e. The number of hydrogen-bond donors (Lipinski definition) is 1. The maximum atomic E-state index is 12.5. The molecule has 1 aromatic heterocycles. The number of nitrogens with one attached hydrogen (secondary N) is 1. The molecule has 0 radical (unpaired) electrons. The maximum absolute atomic E-state index is 12.5. The number of benzene rings is 2. The normalized spacial score (nSPS) is 14.2. The van der Waals surface area contributed by atoms with Crippen LogP contribution in [-0.2, 0) is 13.0 Å². The monoisotopic (exact) mass is 466 g/mol. The van der Waals surface area contributed by atoms with Crippen LogP contribution in [0.2, 0.25) is 0 Å². The molecule has 33 heavy (non-hydrogen) atoms. The van der Waals surface area contributed by atoms with Gasteiger partial charge in [0.05, 0.1) is 26.5 Å². The van der Waals surface area contributed by atoms with E-state index in [-0.39, 0.29) is 6.03 Å². The molecule has 7 nitrogen and oxygen atoms in total. The average molecular weight is 467 g/mol. The van der Waals surface area contributed by atoms with Gasteiger partial charge in [-0.15, -0.1) is 11.3 Å². The van der Waals surface area contributed by atoms with Crippen LogP contribution in [0.1, 0.15) is 10.6 Å². The van der Waals surface area contributed by atoms with E-state index < -0.39 is 0 Å². The summed E-state index contributed by atoms with van der Waals surface area (Å²) in [5.74, 6) is 1.69. The van der Waals surface area contributed by atoms with Crippen LogP contribution in [0.3, 0.4) is 0 Å². The van der Waals surface area contributed by atoms with E-state index in [1.54, 1.807) is 25.6 Å². The number of methoxy groups -OCH3 is 2.